The molecule has 1 N–H and O–H groups in total. The molecule has 0 saturated carbocycles. The van der Waals surface area contributed by atoms with Crippen LogP contribution in [0.5, 0.6) is 0 Å². The number of carbonyl (C=O) groups excluding carboxylic acids is 2. The summed E-state index contributed by atoms with van der Waals surface area (Å²) in [5.41, 5.74) is 1.10. The molecule has 0 spiro atoms. The number of thiazole rings is 1. The summed E-state index contributed by atoms with van der Waals surface area (Å²) < 4.78 is 19.3. The Bertz CT molecular complexity index is 1090. The topological polar surface area (TPSA) is 83.9 Å². The maximum atomic E-state index is 14.3. The van der Waals surface area contributed by atoms with Crippen molar-refractivity contribution < 1.29 is 18.7 Å². The van der Waals surface area contributed by atoms with Crippen molar-refractivity contribution in [3.05, 3.63) is 62.5 Å². The van der Waals surface area contributed by atoms with E-state index in [0.717, 1.165) is 0 Å². The molecule has 162 valence electrons. The zero-order chi connectivity index (χ0) is 22.1. The molecular weight excluding hydrogens is 443 g/mol. The highest BCUT2D eigenvalue weighted by atomic mass is 35.5. The van der Waals surface area contributed by atoms with Crippen LogP contribution in [-0.4, -0.2) is 48.3 Å². The molecule has 2 aliphatic heterocycles. The van der Waals surface area contributed by atoms with Crippen LogP contribution in [0.25, 0.3) is 0 Å². The third kappa shape index (κ3) is 4.07. The quantitative estimate of drug-likeness (QED) is 0.705. The lowest BCUT2D eigenvalue weighted by Crippen LogP contribution is -2.42. The predicted octanol–water partition coefficient (Wildman–Crippen LogP) is 3.32. The normalized spacial score (nSPS) is 21.6. The van der Waals surface area contributed by atoms with Crippen molar-refractivity contribution in [2.24, 2.45) is 10.9 Å². The van der Waals surface area contributed by atoms with Gasteiger partial charge in [0.1, 0.15) is 11.9 Å². The van der Waals surface area contributed by atoms with Crippen LogP contribution >= 0.6 is 22.9 Å². The van der Waals surface area contributed by atoms with Crippen LogP contribution in [0.15, 0.2) is 46.0 Å². The number of hydrogen-bond donors (Lipinski definition) is 1. The summed E-state index contributed by atoms with van der Waals surface area (Å²) >= 11 is 7.65. The standard InChI is InChI=1S/C21H20ClFN4O3S/c1-27-8-6-11(10-14(27)28)17-15(21(29)30-2)18(12-4-3-5-13(23)16(12)22)26-19(25-17)20-24-7-9-31-20/h3-5,7,9,11,18H,6,8,10H2,1-2H3,(H,25,26). The molecule has 1 aromatic carbocycles. The fraction of sp³-hybridized carbons (Fsp3) is 0.333. The van der Waals surface area contributed by atoms with Crippen molar-refractivity contribution in [1.29, 1.82) is 0 Å². The van der Waals surface area contributed by atoms with Crippen LogP contribution in [0.2, 0.25) is 5.02 Å². The average Bonchev–Trinajstić information content (AvgIpc) is 3.31. The summed E-state index contributed by atoms with van der Waals surface area (Å²) in [4.78, 5) is 36.0. The lowest BCUT2D eigenvalue weighted by Gasteiger charge is -2.35. The van der Waals surface area contributed by atoms with Gasteiger partial charge < -0.3 is 15.0 Å². The highest BCUT2D eigenvalue weighted by Gasteiger charge is 2.38. The number of nitrogens with zero attached hydrogens (tertiary/aromatic N) is 3. The van der Waals surface area contributed by atoms with Crippen molar-refractivity contribution in [2.75, 3.05) is 20.7 Å². The van der Waals surface area contributed by atoms with Crippen LogP contribution in [0, 0.1) is 11.7 Å². The van der Waals surface area contributed by atoms with Gasteiger partial charge in [-0.05, 0) is 12.5 Å². The van der Waals surface area contributed by atoms with E-state index in [0.29, 0.717) is 35.1 Å². The summed E-state index contributed by atoms with van der Waals surface area (Å²) in [7, 11) is 3.03. The Balaban J connectivity index is 1.89. The lowest BCUT2D eigenvalue weighted by atomic mass is 9.85. The number of rotatable bonds is 4. The summed E-state index contributed by atoms with van der Waals surface area (Å²) in [6.07, 6.45) is 2.53. The van der Waals surface area contributed by atoms with Gasteiger partial charge in [-0.2, -0.15) is 0 Å². The number of hydrogen-bond acceptors (Lipinski definition) is 7. The molecule has 2 aliphatic rings. The van der Waals surface area contributed by atoms with E-state index in [2.05, 4.69) is 15.3 Å². The second-order valence-corrected chi connectivity index (χ2v) is 8.58. The van der Waals surface area contributed by atoms with Gasteiger partial charge in [-0.15, -0.1) is 11.3 Å². The molecule has 2 aromatic rings. The zero-order valence-electron chi connectivity index (χ0n) is 16.9. The number of nitrogens with one attached hydrogen (secondary N) is 1. The van der Waals surface area contributed by atoms with Crippen LogP contribution < -0.4 is 5.32 Å². The summed E-state index contributed by atoms with van der Waals surface area (Å²) in [5.74, 6) is -1.05. The Morgan fingerprint density at radius 1 is 1.42 bits per heavy atom. The molecule has 1 aromatic heterocycles. The highest BCUT2D eigenvalue weighted by Crippen LogP contribution is 2.40. The number of allylic oxidation sites excluding steroid dienone is 1. The Hall–Kier alpha value is -2.78. The first kappa shape index (κ1) is 21.5. The number of esters is 1. The lowest BCUT2D eigenvalue weighted by molar-refractivity contribution is -0.137. The first-order valence-corrected chi connectivity index (χ1v) is 10.9. The van der Waals surface area contributed by atoms with Crippen LogP contribution in [0.1, 0.15) is 29.5 Å². The third-order valence-corrected chi connectivity index (χ3v) is 6.64. The molecule has 10 heteroatoms. The molecule has 0 bridgehead atoms. The largest absolute Gasteiger partial charge is 0.466 e. The van der Waals surface area contributed by atoms with Crippen molar-refractivity contribution in [2.45, 2.75) is 18.9 Å². The van der Waals surface area contributed by atoms with Gasteiger partial charge in [-0.1, -0.05) is 23.7 Å². The number of piperidine rings is 1. The minimum Gasteiger partial charge on any atom is -0.466 e. The summed E-state index contributed by atoms with van der Waals surface area (Å²) in [5, 5.41) is 5.53. The van der Waals surface area contributed by atoms with Crippen molar-refractivity contribution >= 4 is 40.6 Å². The second-order valence-electron chi connectivity index (χ2n) is 7.31. The average molecular weight is 463 g/mol. The van der Waals surface area contributed by atoms with Gasteiger partial charge in [-0.3, -0.25) is 9.79 Å². The highest BCUT2D eigenvalue weighted by molar-refractivity contribution is 7.11. The van der Waals surface area contributed by atoms with E-state index in [1.165, 1.54) is 30.6 Å². The summed E-state index contributed by atoms with van der Waals surface area (Å²) in [6, 6.07) is 3.49. The van der Waals surface area contributed by atoms with Gasteiger partial charge in [-0.25, -0.2) is 14.2 Å². The number of likely N-dealkylation sites (tertiary alicyclic amines) is 1. The number of aliphatic imine (C=N–C) groups is 1. The van der Waals surface area contributed by atoms with Crippen molar-refractivity contribution in [3.8, 4) is 0 Å². The number of carbonyl (C=O) groups is 2. The van der Waals surface area contributed by atoms with Crippen LogP contribution in [-0.2, 0) is 14.3 Å². The molecule has 2 unspecified atom stereocenters. The molecule has 3 heterocycles. The minimum absolute atomic E-state index is 0.0200. The smallest absolute Gasteiger partial charge is 0.338 e. The van der Waals surface area contributed by atoms with E-state index in [1.54, 1.807) is 24.2 Å². The first-order chi connectivity index (χ1) is 14.9. The van der Waals surface area contributed by atoms with Crippen molar-refractivity contribution in [1.82, 2.24) is 15.2 Å². The van der Waals surface area contributed by atoms with E-state index in [4.69, 9.17) is 16.3 Å². The number of methoxy groups -OCH3 is 1. The molecule has 7 nitrogen and oxygen atoms in total. The monoisotopic (exact) mass is 462 g/mol. The number of ether oxygens (including phenoxy) is 1. The van der Waals surface area contributed by atoms with Gasteiger partial charge in [0.15, 0.2) is 10.8 Å². The van der Waals surface area contributed by atoms with E-state index >= 15 is 0 Å². The summed E-state index contributed by atoms with van der Waals surface area (Å²) in [6.45, 7) is 0.554. The fourth-order valence-electron chi connectivity index (χ4n) is 3.82. The Morgan fingerprint density at radius 2 is 2.23 bits per heavy atom. The molecular formula is C21H20ClFN4O3S. The molecule has 0 aliphatic carbocycles. The number of aromatic nitrogens is 1. The number of benzene rings is 1. The van der Waals surface area contributed by atoms with Gasteiger partial charge in [0.05, 0.1) is 17.7 Å². The Kier molecular flexibility index (Phi) is 6.06. The number of amides is 1. The Labute approximate surface area is 187 Å². The van der Waals surface area contributed by atoms with Gasteiger partial charge in [0, 0.05) is 48.8 Å². The molecule has 2 atom stereocenters. The molecule has 1 saturated heterocycles. The second kappa shape index (κ2) is 8.76. The molecule has 4 rings (SSSR count). The molecule has 0 radical (unpaired) electrons. The van der Waals surface area contributed by atoms with E-state index in [9.17, 15) is 14.0 Å². The maximum absolute atomic E-state index is 14.3. The van der Waals surface area contributed by atoms with Gasteiger partial charge in [0.25, 0.3) is 0 Å². The van der Waals surface area contributed by atoms with Gasteiger partial charge in [0.2, 0.25) is 5.91 Å². The van der Waals surface area contributed by atoms with E-state index in [-0.39, 0.29) is 28.8 Å². The fourth-order valence-corrected chi connectivity index (χ4v) is 4.63. The SMILES string of the molecule is COC(=O)C1=C(C2CCN(C)C(=O)C2)NC(c2nccs2)=NC1c1cccc(F)c1Cl. The zero-order valence-corrected chi connectivity index (χ0v) is 18.5. The molecule has 1 amide bonds. The number of amidine groups is 1. The maximum Gasteiger partial charge on any atom is 0.338 e. The minimum atomic E-state index is -0.902. The molecule has 1 fully saturated rings. The predicted molar refractivity (Wildman–Crippen MR) is 115 cm³/mol. The first-order valence-electron chi connectivity index (χ1n) is 9.65. The van der Waals surface area contributed by atoms with Crippen LogP contribution in [0.4, 0.5) is 4.39 Å². The van der Waals surface area contributed by atoms with Gasteiger partial charge >= 0.3 is 5.97 Å². The van der Waals surface area contributed by atoms with Crippen LogP contribution in [0.3, 0.4) is 0 Å². The van der Waals surface area contributed by atoms with E-state index in [1.807, 2.05) is 5.38 Å². The van der Waals surface area contributed by atoms with E-state index < -0.39 is 17.8 Å². The Morgan fingerprint density at radius 3 is 2.90 bits per heavy atom. The number of halogens is 2. The van der Waals surface area contributed by atoms with Crippen molar-refractivity contribution in [3.63, 3.8) is 0 Å². The third-order valence-electron chi connectivity index (χ3n) is 5.46. The molecule has 31 heavy (non-hydrogen) atoms.